The number of para-hydroxylation sites is 1. The highest BCUT2D eigenvalue weighted by molar-refractivity contribution is 9.10. The number of amides is 1. The number of hydrogen-bond acceptors (Lipinski definition) is 3. The summed E-state index contributed by atoms with van der Waals surface area (Å²) < 4.78 is 6.67. The monoisotopic (exact) mass is 416 g/mol. The number of nitrogens with two attached hydrogens (primary N) is 1. The van der Waals surface area contributed by atoms with Crippen LogP contribution in [0.2, 0.25) is 0 Å². The van der Waals surface area contributed by atoms with Crippen molar-refractivity contribution in [3.63, 3.8) is 0 Å². The van der Waals surface area contributed by atoms with Gasteiger partial charge < -0.3 is 15.8 Å². The third-order valence-electron chi connectivity index (χ3n) is 5.20. The zero-order valence-electron chi connectivity index (χ0n) is 13.9. The van der Waals surface area contributed by atoms with Crippen LogP contribution in [0, 0.1) is 11.8 Å². The maximum Gasteiger partial charge on any atom is 0.261 e. The summed E-state index contributed by atoms with van der Waals surface area (Å²) in [5, 5.41) is 3.25. The van der Waals surface area contributed by atoms with Crippen LogP contribution in [0.3, 0.4) is 0 Å². The summed E-state index contributed by atoms with van der Waals surface area (Å²) in [7, 11) is 0. The lowest BCUT2D eigenvalue weighted by molar-refractivity contribution is -0.129. The fourth-order valence-corrected chi connectivity index (χ4v) is 4.47. The molecule has 3 N–H and O–H groups in total. The number of carbonyl (C=O) groups excluding carboxylic acids is 1. The van der Waals surface area contributed by atoms with Crippen molar-refractivity contribution in [1.29, 1.82) is 0 Å². The first-order chi connectivity index (χ1) is 11.0. The van der Waals surface area contributed by atoms with Crippen LogP contribution in [-0.2, 0) is 4.79 Å². The Labute approximate surface area is 158 Å². The van der Waals surface area contributed by atoms with E-state index in [-0.39, 0.29) is 24.4 Å². The zero-order chi connectivity index (χ0) is 16.4. The van der Waals surface area contributed by atoms with Gasteiger partial charge in [-0.05, 0) is 72.5 Å². The lowest BCUT2D eigenvalue weighted by Gasteiger charge is -2.45. The average Bonchev–Trinajstić information content (AvgIpc) is 2.50. The maximum atomic E-state index is 12.6. The zero-order valence-corrected chi connectivity index (χ0v) is 16.3. The van der Waals surface area contributed by atoms with Gasteiger partial charge in [0.2, 0.25) is 0 Å². The van der Waals surface area contributed by atoms with Gasteiger partial charge in [-0.2, -0.15) is 0 Å². The third-order valence-corrected chi connectivity index (χ3v) is 5.85. The largest absolute Gasteiger partial charge is 0.480 e. The molecular weight excluding hydrogens is 392 g/mol. The van der Waals surface area contributed by atoms with Crippen molar-refractivity contribution in [3.05, 3.63) is 28.7 Å². The molecule has 2 fully saturated rings. The average molecular weight is 418 g/mol. The van der Waals surface area contributed by atoms with Gasteiger partial charge in [0.25, 0.3) is 5.91 Å². The van der Waals surface area contributed by atoms with Crippen molar-refractivity contribution < 1.29 is 9.53 Å². The molecule has 1 aromatic carbocycles. The SMILES string of the molecule is CC(Oc1ccccc1Br)C(=O)NC1C2CCCC1CC(N)C2.Cl. The third kappa shape index (κ3) is 4.44. The lowest BCUT2D eigenvalue weighted by Crippen LogP contribution is -2.55. The standard InChI is InChI=1S/C18H25BrN2O2.ClH/c1-11(23-16-8-3-2-7-15(16)19)18(22)21-17-12-5-4-6-13(17)10-14(20)9-12;/h2-3,7-8,11-14,17H,4-6,9-10,20H2,1H3,(H,21,22);1H. The Morgan fingerprint density at radius 1 is 1.29 bits per heavy atom. The van der Waals surface area contributed by atoms with Gasteiger partial charge >= 0.3 is 0 Å². The van der Waals surface area contributed by atoms with Crippen LogP contribution < -0.4 is 15.8 Å². The highest BCUT2D eigenvalue weighted by atomic mass is 79.9. The molecule has 2 aliphatic carbocycles. The van der Waals surface area contributed by atoms with Crippen molar-refractivity contribution in [2.45, 2.75) is 57.2 Å². The highest BCUT2D eigenvalue weighted by Gasteiger charge is 2.40. The van der Waals surface area contributed by atoms with E-state index >= 15 is 0 Å². The number of halogens is 2. The van der Waals surface area contributed by atoms with Crippen LogP contribution in [0.1, 0.15) is 39.0 Å². The van der Waals surface area contributed by atoms with E-state index in [1.54, 1.807) is 6.92 Å². The normalized spacial score (nSPS) is 30.0. The fraction of sp³-hybridized carbons (Fsp3) is 0.611. The smallest absolute Gasteiger partial charge is 0.261 e. The molecule has 0 spiro atoms. The fourth-order valence-electron chi connectivity index (χ4n) is 4.09. The Kier molecular flexibility index (Phi) is 6.96. The predicted octanol–water partition coefficient (Wildman–Crippen LogP) is 3.66. The number of ether oxygens (including phenoxy) is 1. The summed E-state index contributed by atoms with van der Waals surface area (Å²) in [5.41, 5.74) is 6.15. The molecule has 0 aromatic heterocycles. The Morgan fingerprint density at radius 2 is 1.92 bits per heavy atom. The summed E-state index contributed by atoms with van der Waals surface area (Å²) in [6.07, 6.45) is 5.16. The van der Waals surface area contributed by atoms with Gasteiger partial charge in [0.05, 0.1) is 4.47 Å². The van der Waals surface area contributed by atoms with Gasteiger partial charge in [-0.1, -0.05) is 18.6 Å². The van der Waals surface area contributed by atoms with Crippen molar-refractivity contribution >= 4 is 34.2 Å². The molecular formula is C18H26BrClN2O2. The van der Waals surface area contributed by atoms with E-state index in [4.69, 9.17) is 10.5 Å². The Morgan fingerprint density at radius 3 is 2.54 bits per heavy atom. The first-order valence-electron chi connectivity index (χ1n) is 8.51. The Hall–Kier alpha value is -0.780. The minimum atomic E-state index is -0.509. The van der Waals surface area contributed by atoms with E-state index in [2.05, 4.69) is 21.2 Å². The molecule has 1 aromatic rings. The first-order valence-corrected chi connectivity index (χ1v) is 9.31. The Bertz CT molecular complexity index is 558. The molecule has 2 aliphatic rings. The van der Waals surface area contributed by atoms with Crippen LogP contribution in [-0.4, -0.2) is 24.1 Å². The molecule has 1 amide bonds. The van der Waals surface area contributed by atoms with Crippen molar-refractivity contribution in [1.82, 2.24) is 5.32 Å². The molecule has 0 aliphatic heterocycles. The van der Waals surface area contributed by atoms with Gasteiger partial charge in [0.15, 0.2) is 6.10 Å². The molecule has 0 heterocycles. The van der Waals surface area contributed by atoms with Gasteiger partial charge in [0.1, 0.15) is 5.75 Å². The summed E-state index contributed by atoms with van der Waals surface area (Å²) in [5.74, 6) is 1.72. The molecule has 0 saturated heterocycles. The molecule has 3 unspecified atom stereocenters. The number of carbonyl (C=O) groups is 1. The highest BCUT2D eigenvalue weighted by Crippen LogP contribution is 2.39. The van der Waals surface area contributed by atoms with Crippen LogP contribution in [0.4, 0.5) is 0 Å². The number of benzene rings is 1. The molecule has 2 bridgehead atoms. The molecule has 3 rings (SSSR count). The molecule has 2 saturated carbocycles. The molecule has 3 atom stereocenters. The van der Waals surface area contributed by atoms with Gasteiger partial charge in [-0.25, -0.2) is 0 Å². The van der Waals surface area contributed by atoms with E-state index in [9.17, 15) is 4.79 Å². The summed E-state index contributed by atoms with van der Waals surface area (Å²) in [6, 6.07) is 8.16. The van der Waals surface area contributed by atoms with Gasteiger partial charge in [0, 0.05) is 12.1 Å². The molecule has 134 valence electrons. The van der Waals surface area contributed by atoms with Crippen LogP contribution in [0.5, 0.6) is 5.75 Å². The second kappa shape index (κ2) is 8.54. The predicted molar refractivity (Wildman–Crippen MR) is 101 cm³/mol. The molecule has 4 nitrogen and oxygen atoms in total. The second-order valence-electron chi connectivity index (χ2n) is 6.91. The lowest BCUT2D eigenvalue weighted by atomic mass is 9.67. The van der Waals surface area contributed by atoms with Crippen LogP contribution in [0.15, 0.2) is 28.7 Å². The van der Waals surface area contributed by atoms with E-state index in [1.807, 2.05) is 24.3 Å². The van der Waals surface area contributed by atoms with Crippen LogP contribution >= 0.6 is 28.3 Å². The van der Waals surface area contributed by atoms with E-state index < -0.39 is 6.10 Å². The molecule has 24 heavy (non-hydrogen) atoms. The topological polar surface area (TPSA) is 64.3 Å². The quantitative estimate of drug-likeness (QED) is 0.786. The minimum Gasteiger partial charge on any atom is -0.480 e. The number of rotatable bonds is 4. The summed E-state index contributed by atoms with van der Waals surface area (Å²) in [4.78, 5) is 12.6. The van der Waals surface area contributed by atoms with E-state index in [0.717, 1.165) is 17.3 Å². The van der Waals surface area contributed by atoms with Crippen molar-refractivity contribution in [3.8, 4) is 5.75 Å². The van der Waals surface area contributed by atoms with Gasteiger partial charge in [-0.3, -0.25) is 4.79 Å². The molecule has 0 radical (unpaired) electrons. The van der Waals surface area contributed by atoms with E-state index in [1.165, 1.54) is 19.3 Å². The molecule has 6 heteroatoms. The van der Waals surface area contributed by atoms with Crippen molar-refractivity contribution in [2.75, 3.05) is 0 Å². The second-order valence-corrected chi connectivity index (χ2v) is 7.76. The maximum absolute atomic E-state index is 12.6. The van der Waals surface area contributed by atoms with E-state index in [0.29, 0.717) is 23.6 Å². The van der Waals surface area contributed by atoms with Gasteiger partial charge in [-0.15, -0.1) is 12.4 Å². The number of fused-ring (bicyclic) bond motifs is 2. The summed E-state index contributed by atoms with van der Waals surface area (Å²) >= 11 is 3.45. The number of nitrogens with one attached hydrogen (secondary N) is 1. The minimum absolute atomic E-state index is 0. The Balaban J connectivity index is 0.00000208. The summed E-state index contributed by atoms with van der Waals surface area (Å²) in [6.45, 7) is 1.80. The first kappa shape index (κ1) is 19.5. The van der Waals surface area contributed by atoms with Crippen LogP contribution in [0.25, 0.3) is 0 Å². The number of hydrogen-bond donors (Lipinski definition) is 2. The van der Waals surface area contributed by atoms with Crippen molar-refractivity contribution in [2.24, 2.45) is 17.6 Å².